The standard InChI is InChI=1S/C22H20N2O3/c1-4-27-19-11-7-8-15(22(19)26-3)12-16(13-23)21(25)20-14(2)24-18-10-6-5-9-17(18)20/h5-12,24H,4H2,1-3H3/b16-12+. The van der Waals surface area contributed by atoms with E-state index in [1.165, 1.54) is 7.11 Å². The molecule has 0 spiro atoms. The van der Waals surface area contributed by atoms with Gasteiger partial charge >= 0.3 is 0 Å². The number of para-hydroxylation sites is 2. The van der Waals surface area contributed by atoms with Crippen molar-refractivity contribution in [3.8, 4) is 17.6 Å². The van der Waals surface area contributed by atoms with Crippen molar-refractivity contribution in [2.24, 2.45) is 0 Å². The quantitative estimate of drug-likeness (QED) is 0.394. The zero-order valence-electron chi connectivity index (χ0n) is 15.5. The molecule has 0 amide bonds. The van der Waals surface area contributed by atoms with Gasteiger partial charge < -0.3 is 14.5 Å². The first kappa shape index (κ1) is 18.3. The fourth-order valence-electron chi connectivity index (χ4n) is 3.14. The second-order valence-electron chi connectivity index (χ2n) is 5.98. The van der Waals surface area contributed by atoms with E-state index in [-0.39, 0.29) is 11.4 Å². The molecule has 5 heteroatoms. The third kappa shape index (κ3) is 3.42. The van der Waals surface area contributed by atoms with E-state index >= 15 is 0 Å². The molecule has 0 fully saturated rings. The maximum Gasteiger partial charge on any atom is 0.205 e. The number of aryl methyl sites for hydroxylation is 1. The van der Waals surface area contributed by atoms with E-state index in [1.54, 1.807) is 24.3 Å². The zero-order chi connectivity index (χ0) is 19.4. The predicted molar refractivity (Wildman–Crippen MR) is 105 cm³/mol. The van der Waals surface area contributed by atoms with Crippen molar-refractivity contribution in [1.82, 2.24) is 4.98 Å². The van der Waals surface area contributed by atoms with Crippen molar-refractivity contribution in [1.29, 1.82) is 5.26 Å². The predicted octanol–water partition coefficient (Wildman–Crippen LogP) is 4.67. The van der Waals surface area contributed by atoms with Gasteiger partial charge in [-0.2, -0.15) is 5.26 Å². The molecule has 136 valence electrons. The number of carbonyl (C=O) groups is 1. The van der Waals surface area contributed by atoms with Gasteiger partial charge in [0.2, 0.25) is 5.78 Å². The molecule has 0 aliphatic carbocycles. The average molecular weight is 360 g/mol. The van der Waals surface area contributed by atoms with E-state index in [0.29, 0.717) is 29.2 Å². The summed E-state index contributed by atoms with van der Waals surface area (Å²) in [5, 5.41) is 10.4. The number of aromatic amines is 1. The molecule has 0 unspecified atom stereocenters. The van der Waals surface area contributed by atoms with E-state index in [1.807, 2.05) is 44.2 Å². The summed E-state index contributed by atoms with van der Waals surface area (Å²) in [6.45, 7) is 4.20. The van der Waals surface area contributed by atoms with Crippen LogP contribution in [0.2, 0.25) is 0 Å². The fraction of sp³-hybridized carbons (Fsp3) is 0.182. The molecule has 0 radical (unpaired) electrons. The van der Waals surface area contributed by atoms with Gasteiger partial charge in [0, 0.05) is 22.2 Å². The maximum atomic E-state index is 13.1. The molecule has 0 saturated carbocycles. The lowest BCUT2D eigenvalue weighted by Gasteiger charge is -2.11. The molecule has 2 aromatic carbocycles. The molecular formula is C22H20N2O3. The van der Waals surface area contributed by atoms with Gasteiger partial charge in [-0.15, -0.1) is 0 Å². The summed E-state index contributed by atoms with van der Waals surface area (Å²) in [6, 6.07) is 15.0. The molecule has 0 atom stereocenters. The Morgan fingerprint density at radius 3 is 2.70 bits per heavy atom. The van der Waals surface area contributed by atoms with Crippen LogP contribution in [0.3, 0.4) is 0 Å². The fourth-order valence-corrected chi connectivity index (χ4v) is 3.14. The first-order chi connectivity index (χ1) is 13.1. The Hall–Kier alpha value is -3.52. The number of carbonyl (C=O) groups excluding carboxylic acids is 1. The van der Waals surface area contributed by atoms with Crippen molar-refractivity contribution in [3.05, 3.63) is 64.9 Å². The first-order valence-corrected chi connectivity index (χ1v) is 8.64. The van der Waals surface area contributed by atoms with Gasteiger partial charge in [0.1, 0.15) is 11.6 Å². The van der Waals surface area contributed by atoms with Gasteiger partial charge in [-0.3, -0.25) is 4.79 Å². The highest BCUT2D eigenvalue weighted by atomic mass is 16.5. The molecule has 0 aliphatic rings. The smallest absolute Gasteiger partial charge is 0.205 e. The van der Waals surface area contributed by atoms with Gasteiger partial charge in [-0.1, -0.05) is 30.3 Å². The number of nitrogens with one attached hydrogen (secondary N) is 1. The van der Waals surface area contributed by atoms with Crippen LogP contribution in [0.15, 0.2) is 48.0 Å². The van der Waals surface area contributed by atoms with Crippen LogP contribution < -0.4 is 9.47 Å². The molecular weight excluding hydrogens is 340 g/mol. The number of Topliss-reactive ketones (excluding diaryl/α,β-unsaturated/α-hetero) is 1. The van der Waals surface area contributed by atoms with E-state index < -0.39 is 0 Å². The molecule has 5 nitrogen and oxygen atoms in total. The second kappa shape index (κ2) is 7.79. The van der Waals surface area contributed by atoms with Crippen LogP contribution in [0.1, 0.15) is 28.5 Å². The number of ketones is 1. The molecule has 1 N–H and O–H groups in total. The van der Waals surface area contributed by atoms with Crippen LogP contribution >= 0.6 is 0 Å². The third-order valence-corrected chi connectivity index (χ3v) is 4.30. The highest BCUT2D eigenvalue weighted by Gasteiger charge is 2.20. The Kier molecular flexibility index (Phi) is 5.28. The number of ether oxygens (including phenoxy) is 2. The highest BCUT2D eigenvalue weighted by molar-refractivity contribution is 6.20. The lowest BCUT2D eigenvalue weighted by Crippen LogP contribution is -2.04. The van der Waals surface area contributed by atoms with Crippen LogP contribution in [-0.4, -0.2) is 24.5 Å². The summed E-state index contributed by atoms with van der Waals surface area (Å²) in [7, 11) is 1.53. The van der Waals surface area contributed by atoms with Crippen molar-refractivity contribution in [2.45, 2.75) is 13.8 Å². The van der Waals surface area contributed by atoms with Crippen molar-refractivity contribution < 1.29 is 14.3 Å². The van der Waals surface area contributed by atoms with Gasteiger partial charge in [0.15, 0.2) is 11.5 Å². The normalized spacial score (nSPS) is 11.3. The van der Waals surface area contributed by atoms with E-state index in [9.17, 15) is 10.1 Å². The second-order valence-corrected chi connectivity index (χ2v) is 5.98. The van der Waals surface area contributed by atoms with Crippen LogP contribution in [-0.2, 0) is 0 Å². The molecule has 3 aromatic rings. The van der Waals surface area contributed by atoms with Crippen molar-refractivity contribution in [3.63, 3.8) is 0 Å². The summed E-state index contributed by atoms with van der Waals surface area (Å²) >= 11 is 0. The summed E-state index contributed by atoms with van der Waals surface area (Å²) in [6.07, 6.45) is 1.55. The molecule has 0 aliphatic heterocycles. The minimum Gasteiger partial charge on any atom is -0.492 e. The molecule has 1 aromatic heterocycles. The Morgan fingerprint density at radius 2 is 2.00 bits per heavy atom. The number of hydrogen-bond donors (Lipinski definition) is 1. The van der Waals surface area contributed by atoms with Crippen LogP contribution in [0.5, 0.6) is 11.5 Å². The number of allylic oxidation sites excluding steroid dienone is 1. The lowest BCUT2D eigenvalue weighted by atomic mass is 9.99. The van der Waals surface area contributed by atoms with Crippen LogP contribution in [0.25, 0.3) is 17.0 Å². The number of hydrogen-bond acceptors (Lipinski definition) is 4. The summed E-state index contributed by atoms with van der Waals surface area (Å²) in [5.41, 5.74) is 2.77. The number of H-pyrrole nitrogens is 1. The number of fused-ring (bicyclic) bond motifs is 1. The molecule has 0 saturated heterocycles. The number of rotatable bonds is 6. The largest absolute Gasteiger partial charge is 0.492 e. The van der Waals surface area contributed by atoms with Gasteiger partial charge in [0.25, 0.3) is 0 Å². The Labute approximate surface area is 157 Å². The third-order valence-electron chi connectivity index (χ3n) is 4.30. The minimum absolute atomic E-state index is 0.0369. The molecule has 1 heterocycles. The van der Waals surface area contributed by atoms with Crippen molar-refractivity contribution >= 4 is 22.8 Å². The number of nitrogens with zero attached hydrogens (tertiary/aromatic N) is 1. The highest BCUT2D eigenvalue weighted by Crippen LogP contribution is 2.33. The molecule has 3 rings (SSSR count). The average Bonchev–Trinajstić information content (AvgIpc) is 3.01. The van der Waals surface area contributed by atoms with Crippen molar-refractivity contribution in [2.75, 3.05) is 13.7 Å². The summed E-state index contributed by atoms with van der Waals surface area (Å²) in [4.78, 5) is 16.3. The number of methoxy groups -OCH3 is 1. The zero-order valence-corrected chi connectivity index (χ0v) is 15.5. The Morgan fingerprint density at radius 1 is 1.22 bits per heavy atom. The minimum atomic E-state index is -0.323. The maximum absolute atomic E-state index is 13.1. The Bertz CT molecular complexity index is 1070. The van der Waals surface area contributed by atoms with Gasteiger partial charge in [-0.25, -0.2) is 0 Å². The van der Waals surface area contributed by atoms with Crippen LogP contribution in [0.4, 0.5) is 0 Å². The van der Waals surface area contributed by atoms with Crippen LogP contribution in [0, 0.1) is 18.3 Å². The monoisotopic (exact) mass is 360 g/mol. The summed E-state index contributed by atoms with van der Waals surface area (Å²) < 4.78 is 11.0. The van der Waals surface area contributed by atoms with Gasteiger partial charge in [0.05, 0.1) is 19.3 Å². The van der Waals surface area contributed by atoms with E-state index in [0.717, 1.165) is 16.6 Å². The number of nitriles is 1. The van der Waals surface area contributed by atoms with E-state index in [2.05, 4.69) is 4.98 Å². The summed E-state index contributed by atoms with van der Waals surface area (Å²) in [5.74, 6) is 0.744. The molecule has 0 bridgehead atoms. The Balaban J connectivity index is 2.10. The topological polar surface area (TPSA) is 75.1 Å². The van der Waals surface area contributed by atoms with Gasteiger partial charge in [-0.05, 0) is 32.1 Å². The lowest BCUT2D eigenvalue weighted by molar-refractivity contribution is 0.104. The number of aromatic nitrogens is 1. The SMILES string of the molecule is CCOc1cccc(/C=C(\C#N)C(=O)c2c(C)[nH]c3ccccc23)c1OC. The first-order valence-electron chi connectivity index (χ1n) is 8.64. The molecule has 27 heavy (non-hydrogen) atoms. The number of benzene rings is 2. The van der Waals surface area contributed by atoms with E-state index in [4.69, 9.17) is 9.47 Å².